The fourth-order valence-corrected chi connectivity index (χ4v) is 4.67. The molecule has 1 fully saturated rings. The molecular formula is C14H15NO3S2. The van der Waals surface area contributed by atoms with Crippen molar-refractivity contribution in [1.29, 1.82) is 0 Å². The fraction of sp³-hybridized carbons (Fsp3) is 0.357. The largest absolute Gasteiger partial charge is 0.477 e. The van der Waals surface area contributed by atoms with Crippen molar-refractivity contribution < 1.29 is 14.1 Å². The summed E-state index contributed by atoms with van der Waals surface area (Å²) < 4.78 is 12.4. The number of carboxylic acid groups (broad SMARTS) is 1. The molecule has 0 radical (unpaired) electrons. The topological polar surface area (TPSA) is 57.6 Å². The zero-order valence-corrected chi connectivity index (χ0v) is 12.5. The number of hydrogen-bond donors (Lipinski definition) is 1. The van der Waals surface area contributed by atoms with Gasteiger partial charge in [-0.15, -0.1) is 11.3 Å². The van der Waals surface area contributed by atoms with Crippen LogP contribution in [0.1, 0.15) is 15.2 Å². The summed E-state index contributed by atoms with van der Waals surface area (Å²) in [7, 11) is -0.706. The molecule has 0 spiro atoms. The predicted molar refractivity (Wildman–Crippen MR) is 81.9 cm³/mol. The summed E-state index contributed by atoms with van der Waals surface area (Å²) in [6.07, 6.45) is 0. The number of carboxylic acids is 1. The van der Waals surface area contributed by atoms with E-state index in [1.165, 1.54) is 11.3 Å². The van der Waals surface area contributed by atoms with Gasteiger partial charge < -0.3 is 5.11 Å². The molecule has 1 aromatic heterocycles. The Morgan fingerprint density at radius 1 is 1.30 bits per heavy atom. The van der Waals surface area contributed by atoms with Crippen molar-refractivity contribution in [1.82, 2.24) is 4.90 Å². The normalized spacial score (nSPS) is 17.6. The van der Waals surface area contributed by atoms with Crippen LogP contribution in [0.4, 0.5) is 0 Å². The fourth-order valence-electron chi connectivity index (χ4n) is 2.49. The van der Waals surface area contributed by atoms with Gasteiger partial charge in [0.25, 0.3) is 0 Å². The molecule has 1 aliphatic heterocycles. The number of benzene rings is 1. The molecule has 0 saturated carbocycles. The van der Waals surface area contributed by atoms with Crippen LogP contribution in [0.25, 0.3) is 10.1 Å². The first-order valence-corrected chi connectivity index (χ1v) is 8.76. The Morgan fingerprint density at radius 2 is 2.00 bits per heavy atom. The lowest BCUT2D eigenvalue weighted by Crippen LogP contribution is -2.37. The molecule has 1 aromatic carbocycles. The van der Waals surface area contributed by atoms with E-state index < -0.39 is 16.8 Å². The van der Waals surface area contributed by atoms with Crippen LogP contribution in [0.3, 0.4) is 0 Å². The number of aromatic carboxylic acids is 1. The average Bonchev–Trinajstić information content (AvgIpc) is 2.81. The second-order valence-corrected chi connectivity index (χ2v) is 7.58. The number of thiophene rings is 1. The predicted octanol–water partition coefficient (Wildman–Crippen LogP) is 2.16. The summed E-state index contributed by atoms with van der Waals surface area (Å²) in [5, 5.41) is 10.4. The van der Waals surface area contributed by atoms with Crippen LogP contribution in [0, 0.1) is 0 Å². The third kappa shape index (κ3) is 2.63. The van der Waals surface area contributed by atoms with Crippen molar-refractivity contribution in [2.24, 2.45) is 0 Å². The lowest BCUT2D eigenvalue weighted by Gasteiger charge is -2.26. The Kier molecular flexibility index (Phi) is 3.87. The highest BCUT2D eigenvalue weighted by Gasteiger charge is 2.22. The van der Waals surface area contributed by atoms with Crippen molar-refractivity contribution in [3.63, 3.8) is 0 Å². The molecular weight excluding hydrogens is 294 g/mol. The van der Waals surface area contributed by atoms with Crippen LogP contribution in [0.5, 0.6) is 0 Å². The summed E-state index contributed by atoms with van der Waals surface area (Å²) in [5.41, 5.74) is 0.894. The third-order valence-electron chi connectivity index (χ3n) is 3.54. The van der Waals surface area contributed by atoms with Gasteiger partial charge in [-0.1, -0.05) is 18.2 Å². The van der Waals surface area contributed by atoms with Crippen molar-refractivity contribution in [3.8, 4) is 0 Å². The quantitative estimate of drug-likeness (QED) is 0.944. The molecule has 0 unspecified atom stereocenters. The van der Waals surface area contributed by atoms with Gasteiger partial charge in [0.1, 0.15) is 4.88 Å². The van der Waals surface area contributed by atoms with Crippen molar-refractivity contribution in [2.75, 3.05) is 24.6 Å². The van der Waals surface area contributed by atoms with E-state index in [-0.39, 0.29) is 0 Å². The summed E-state index contributed by atoms with van der Waals surface area (Å²) in [6.45, 7) is 2.18. The Labute approximate surface area is 123 Å². The molecule has 20 heavy (non-hydrogen) atoms. The zero-order chi connectivity index (χ0) is 14.1. The smallest absolute Gasteiger partial charge is 0.346 e. The maximum Gasteiger partial charge on any atom is 0.346 e. The van der Waals surface area contributed by atoms with Crippen LogP contribution < -0.4 is 0 Å². The monoisotopic (exact) mass is 309 g/mol. The lowest BCUT2D eigenvalue weighted by atomic mass is 10.1. The van der Waals surface area contributed by atoms with Gasteiger partial charge in [-0.3, -0.25) is 9.11 Å². The lowest BCUT2D eigenvalue weighted by molar-refractivity contribution is 0.0700. The second kappa shape index (κ2) is 5.63. The van der Waals surface area contributed by atoms with Gasteiger partial charge in [0.15, 0.2) is 0 Å². The van der Waals surface area contributed by atoms with E-state index in [2.05, 4.69) is 4.90 Å². The van der Waals surface area contributed by atoms with E-state index in [1.54, 1.807) is 0 Å². The number of fused-ring (bicyclic) bond motifs is 1. The molecule has 0 aliphatic carbocycles. The van der Waals surface area contributed by atoms with Crippen LogP contribution in [-0.4, -0.2) is 44.8 Å². The van der Waals surface area contributed by atoms with Gasteiger partial charge in [-0.05, 0) is 17.0 Å². The first-order valence-electron chi connectivity index (χ1n) is 6.46. The first kappa shape index (κ1) is 13.7. The van der Waals surface area contributed by atoms with Crippen LogP contribution in [0.15, 0.2) is 24.3 Å². The van der Waals surface area contributed by atoms with E-state index in [1.807, 2.05) is 24.3 Å². The van der Waals surface area contributed by atoms with Gasteiger partial charge in [0.05, 0.1) is 0 Å². The van der Waals surface area contributed by atoms with Gasteiger partial charge in [-0.2, -0.15) is 0 Å². The highest BCUT2D eigenvalue weighted by Crippen LogP contribution is 2.32. The number of nitrogens with zero attached hydrogens (tertiary/aromatic N) is 1. The van der Waals surface area contributed by atoms with Crippen molar-refractivity contribution in [3.05, 3.63) is 34.7 Å². The first-order chi connectivity index (χ1) is 9.65. The van der Waals surface area contributed by atoms with Crippen molar-refractivity contribution in [2.45, 2.75) is 6.54 Å². The minimum absolute atomic E-state index is 0.429. The number of rotatable bonds is 3. The highest BCUT2D eigenvalue weighted by molar-refractivity contribution is 7.85. The molecule has 106 valence electrons. The van der Waals surface area contributed by atoms with Crippen molar-refractivity contribution >= 4 is 38.2 Å². The number of carbonyl (C=O) groups is 1. The van der Waals surface area contributed by atoms with E-state index in [0.717, 1.165) is 28.7 Å². The summed E-state index contributed by atoms with van der Waals surface area (Å²) in [4.78, 5) is 14.1. The van der Waals surface area contributed by atoms with Gasteiger partial charge >= 0.3 is 5.97 Å². The summed E-state index contributed by atoms with van der Waals surface area (Å²) in [5.74, 6) is 0.511. The minimum atomic E-state index is -0.859. The summed E-state index contributed by atoms with van der Waals surface area (Å²) in [6, 6.07) is 7.81. The van der Waals surface area contributed by atoms with Crippen LogP contribution >= 0.6 is 11.3 Å². The molecule has 0 amide bonds. The molecule has 4 nitrogen and oxygen atoms in total. The SMILES string of the molecule is O=C(O)c1sc2ccccc2c1CN1CCS(=O)CC1. The summed E-state index contributed by atoms with van der Waals surface area (Å²) >= 11 is 1.33. The Bertz CT molecular complexity index is 670. The number of hydrogen-bond acceptors (Lipinski definition) is 4. The van der Waals surface area contributed by atoms with Gasteiger partial charge in [0, 0.05) is 46.6 Å². The molecule has 0 atom stereocenters. The zero-order valence-electron chi connectivity index (χ0n) is 10.9. The van der Waals surface area contributed by atoms with E-state index in [9.17, 15) is 14.1 Å². The molecule has 2 aromatic rings. The standard InChI is InChI=1S/C14H15NO3S2/c16-14(17)13-11(9-15-5-7-20(18)8-6-15)10-3-1-2-4-12(10)19-13/h1-4H,5-9H2,(H,16,17). The van der Waals surface area contributed by atoms with E-state index in [0.29, 0.717) is 22.9 Å². The third-order valence-corrected chi connectivity index (χ3v) is 6.02. The van der Waals surface area contributed by atoms with Gasteiger partial charge in [-0.25, -0.2) is 4.79 Å². The molecule has 2 heterocycles. The maximum absolute atomic E-state index is 11.4. The van der Waals surface area contributed by atoms with E-state index in [4.69, 9.17) is 0 Å². The average molecular weight is 309 g/mol. The molecule has 6 heteroatoms. The molecule has 0 bridgehead atoms. The molecule has 1 saturated heterocycles. The Balaban J connectivity index is 1.94. The van der Waals surface area contributed by atoms with Crippen LogP contribution in [0.2, 0.25) is 0 Å². The molecule has 1 aliphatic rings. The highest BCUT2D eigenvalue weighted by atomic mass is 32.2. The molecule has 1 N–H and O–H groups in total. The Hall–Kier alpha value is -1.24. The second-order valence-electron chi connectivity index (χ2n) is 4.84. The maximum atomic E-state index is 11.4. The Morgan fingerprint density at radius 3 is 2.70 bits per heavy atom. The molecule has 3 rings (SSSR count). The van der Waals surface area contributed by atoms with E-state index >= 15 is 0 Å². The van der Waals surface area contributed by atoms with Gasteiger partial charge in [0.2, 0.25) is 0 Å². The minimum Gasteiger partial charge on any atom is -0.477 e. The van der Waals surface area contributed by atoms with Crippen LogP contribution in [-0.2, 0) is 17.3 Å².